The molecule has 0 radical (unpaired) electrons. The number of aromatic nitrogens is 3. The van der Waals surface area contributed by atoms with E-state index in [0.29, 0.717) is 5.82 Å². The van der Waals surface area contributed by atoms with E-state index in [1.807, 2.05) is 30.5 Å². The van der Waals surface area contributed by atoms with E-state index in [0.717, 1.165) is 116 Å². The van der Waals surface area contributed by atoms with Crippen LogP contribution in [0.5, 0.6) is 0 Å². The van der Waals surface area contributed by atoms with E-state index in [1.165, 1.54) is 10.8 Å². The quantitative estimate of drug-likeness (QED) is 0.167. The molecule has 0 aliphatic carbocycles. The van der Waals surface area contributed by atoms with E-state index >= 15 is 0 Å². The molecule has 4 heterocycles. The van der Waals surface area contributed by atoms with Crippen LogP contribution in [0.25, 0.3) is 133 Å². The van der Waals surface area contributed by atoms with Crippen LogP contribution in [-0.2, 0) is 0 Å². The highest BCUT2D eigenvalue weighted by Crippen LogP contribution is 2.40. The fourth-order valence-corrected chi connectivity index (χ4v) is 9.22. The summed E-state index contributed by atoms with van der Waals surface area (Å²) in [7, 11) is 0. The highest BCUT2D eigenvalue weighted by atomic mass is 16.3. The van der Waals surface area contributed by atoms with Crippen molar-refractivity contribution < 1.29 is 8.83 Å². The molecule has 5 nitrogen and oxygen atoms in total. The summed E-state index contributed by atoms with van der Waals surface area (Å²) < 4.78 is 12.9. The molecule has 0 aliphatic rings. The van der Waals surface area contributed by atoms with Crippen molar-refractivity contribution in [1.29, 1.82) is 0 Å². The summed E-state index contributed by atoms with van der Waals surface area (Å²) in [5, 5.41) is 9.03. The van der Waals surface area contributed by atoms with Gasteiger partial charge in [0.05, 0.1) is 11.4 Å². The molecule has 0 saturated heterocycles. The summed E-state index contributed by atoms with van der Waals surface area (Å²) in [4.78, 5) is 14.8. The average molecular weight is 818 g/mol. The van der Waals surface area contributed by atoms with Crippen LogP contribution in [0.1, 0.15) is 0 Å². The summed E-state index contributed by atoms with van der Waals surface area (Å²) >= 11 is 0. The monoisotopic (exact) mass is 817 g/mol. The first kappa shape index (κ1) is 36.0. The summed E-state index contributed by atoms with van der Waals surface area (Å²) in [6.45, 7) is 0. The van der Waals surface area contributed by atoms with E-state index in [4.69, 9.17) is 18.8 Å². The van der Waals surface area contributed by atoms with Gasteiger partial charge in [0.25, 0.3) is 0 Å². The van der Waals surface area contributed by atoms with E-state index in [-0.39, 0.29) is 0 Å². The van der Waals surface area contributed by atoms with Crippen LogP contribution < -0.4 is 0 Å². The van der Waals surface area contributed by atoms with Crippen LogP contribution >= 0.6 is 0 Å². The third kappa shape index (κ3) is 6.21. The summed E-state index contributed by atoms with van der Waals surface area (Å²) in [6, 6.07) is 70.4. The third-order valence-corrected chi connectivity index (χ3v) is 12.5. The normalized spacial score (nSPS) is 11.8. The Labute approximate surface area is 367 Å². The zero-order valence-corrected chi connectivity index (χ0v) is 34.4. The highest BCUT2D eigenvalue weighted by molar-refractivity contribution is 6.12. The maximum absolute atomic E-state index is 6.45. The van der Waals surface area contributed by atoms with Gasteiger partial charge in [-0.1, -0.05) is 121 Å². The predicted octanol–water partition coefficient (Wildman–Crippen LogP) is 16.0. The molecular weight excluding hydrogens is 783 g/mol. The van der Waals surface area contributed by atoms with Crippen LogP contribution in [0.3, 0.4) is 0 Å². The number of hydrogen-bond acceptors (Lipinski definition) is 5. The number of benzene rings is 9. The second kappa shape index (κ2) is 14.5. The summed E-state index contributed by atoms with van der Waals surface area (Å²) in [6.07, 6.45) is 3.68. The average Bonchev–Trinajstić information content (AvgIpc) is 3.91. The van der Waals surface area contributed by atoms with E-state index in [1.54, 1.807) is 6.20 Å². The van der Waals surface area contributed by atoms with Gasteiger partial charge < -0.3 is 8.83 Å². The molecule has 0 aliphatic heterocycles. The summed E-state index contributed by atoms with van der Waals surface area (Å²) in [5.74, 6) is 0.661. The molecule has 13 aromatic rings. The van der Waals surface area contributed by atoms with Gasteiger partial charge in [0.15, 0.2) is 5.82 Å². The molecule has 0 unspecified atom stereocenters. The number of nitrogens with zero attached hydrogens (tertiary/aromatic N) is 3. The second-order valence-electron chi connectivity index (χ2n) is 16.5. The minimum absolute atomic E-state index is 0.661. The molecule has 0 bridgehead atoms. The second-order valence-corrected chi connectivity index (χ2v) is 16.5. The van der Waals surface area contributed by atoms with Crippen molar-refractivity contribution in [2.45, 2.75) is 0 Å². The van der Waals surface area contributed by atoms with Gasteiger partial charge >= 0.3 is 0 Å². The van der Waals surface area contributed by atoms with E-state index in [9.17, 15) is 0 Å². The van der Waals surface area contributed by atoms with Crippen molar-refractivity contribution in [2.75, 3.05) is 0 Å². The van der Waals surface area contributed by atoms with Crippen LogP contribution in [0.15, 0.2) is 221 Å². The fraction of sp³-hybridized carbons (Fsp3) is 0. The number of rotatable bonds is 6. The Morgan fingerprint density at radius 3 is 1.31 bits per heavy atom. The van der Waals surface area contributed by atoms with Crippen LogP contribution in [0.2, 0.25) is 0 Å². The van der Waals surface area contributed by atoms with Crippen molar-refractivity contribution in [1.82, 2.24) is 15.0 Å². The molecule has 9 aromatic carbocycles. The van der Waals surface area contributed by atoms with Crippen molar-refractivity contribution in [3.05, 3.63) is 213 Å². The number of hydrogen-bond donors (Lipinski definition) is 0. The van der Waals surface area contributed by atoms with Gasteiger partial charge in [-0.05, 0) is 134 Å². The molecule has 64 heavy (non-hydrogen) atoms. The lowest BCUT2D eigenvalue weighted by Gasteiger charge is -2.14. The van der Waals surface area contributed by atoms with Crippen molar-refractivity contribution >= 4 is 65.4 Å². The van der Waals surface area contributed by atoms with Crippen LogP contribution in [-0.4, -0.2) is 15.0 Å². The first-order valence-electron chi connectivity index (χ1n) is 21.5. The minimum atomic E-state index is 0.661. The Hall–Kier alpha value is -8.67. The molecule has 13 rings (SSSR count). The SMILES string of the molecule is c1ccc(-c2nc(-c3ccc(-c4cccnc4)cc3)cc(-c3cc(-c4ccc5oc6cc7ccccc7cc6c5c4)cc(-c4ccc5oc6cc7ccccc7cc6c5c4)c3)n2)cc1. The molecular formula is C59H35N3O2. The zero-order chi connectivity index (χ0) is 42.1. The van der Waals surface area contributed by atoms with Gasteiger partial charge in [0.1, 0.15) is 22.3 Å². The largest absolute Gasteiger partial charge is 0.456 e. The first-order chi connectivity index (χ1) is 31.6. The molecule has 0 amide bonds. The zero-order valence-electron chi connectivity index (χ0n) is 34.4. The Balaban J connectivity index is 1.01. The molecule has 5 heteroatoms. The highest BCUT2D eigenvalue weighted by Gasteiger charge is 2.17. The Bertz CT molecular complexity index is 3770. The van der Waals surface area contributed by atoms with Crippen LogP contribution in [0, 0.1) is 0 Å². The van der Waals surface area contributed by atoms with Gasteiger partial charge in [0.2, 0.25) is 0 Å². The van der Waals surface area contributed by atoms with E-state index in [2.05, 4.69) is 181 Å². The van der Waals surface area contributed by atoms with Crippen molar-refractivity contribution in [2.24, 2.45) is 0 Å². The lowest BCUT2D eigenvalue weighted by molar-refractivity contribution is 0.669. The Morgan fingerprint density at radius 1 is 0.281 bits per heavy atom. The minimum Gasteiger partial charge on any atom is -0.456 e. The molecule has 0 spiro atoms. The lowest BCUT2D eigenvalue weighted by Crippen LogP contribution is -1.96. The molecule has 0 saturated carbocycles. The topological polar surface area (TPSA) is 65.0 Å². The lowest BCUT2D eigenvalue weighted by atomic mass is 9.93. The van der Waals surface area contributed by atoms with Crippen LogP contribution in [0.4, 0.5) is 0 Å². The fourth-order valence-electron chi connectivity index (χ4n) is 9.22. The Morgan fingerprint density at radius 2 is 0.750 bits per heavy atom. The molecule has 4 aromatic heterocycles. The number of furan rings is 2. The maximum atomic E-state index is 6.45. The van der Waals surface area contributed by atoms with Gasteiger partial charge in [-0.2, -0.15) is 0 Å². The molecule has 298 valence electrons. The first-order valence-corrected chi connectivity index (χ1v) is 21.5. The van der Waals surface area contributed by atoms with Gasteiger partial charge in [-0.15, -0.1) is 0 Å². The molecule has 0 N–H and O–H groups in total. The maximum Gasteiger partial charge on any atom is 0.160 e. The number of fused-ring (bicyclic) bond motifs is 8. The predicted molar refractivity (Wildman–Crippen MR) is 262 cm³/mol. The van der Waals surface area contributed by atoms with Gasteiger partial charge in [-0.25, -0.2) is 9.97 Å². The number of pyridine rings is 1. The standard InChI is InChI=1S/C59H35N3O2/c1-2-9-38(10-3-1)59-61-53(37-18-16-36(17-19-37)45-15-8-24-60-35-45)34-54(62-59)48-26-46(43-20-22-55-49(30-43)51-28-39-11-4-6-13-41(39)32-57(51)63-55)25-47(27-48)44-21-23-56-50(31-44)52-29-40-12-5-7-14-42(40)33-58(52)64-56/h1-35H. The molecule has 0 atom stereocenters. The van der Waals surface area contributed by atoms with Crippen molar-refractivity contribution in [3.63, 3.8) is 0 Å². The van der Waals surface area contributed by atoms with E-state index < -0.39 is 0 Å². The van der Waals surface area contributed by atoms with Gasteiger partial charge in [0, 0.05) is 50.6 Å². The molecule has 0 fully saturated rings. The Kier molecular flexibility index (Phi) is 8.15. The smallest absolute Gasteiger partial charge is 0.160 e. The third-order valence-electron chi connectivity index (χ3n) is 12.5. The summed E-state index contributed by atoms with van der Waals surface area (Å²) in [5.41, 5.74) is 14.5. The van der Waals surface area contributed by atoms with Gasteiger partial charge in [-0.3, -0.25) is 4.98 Å². The van der Waals surface area contributed by atoms with Crippen molar-refractivity contribution in [3.8, 4) is 67.3 Å².